The third-order valence-corrected chi connectivity index (χ3v) is 5.68. The summed E-state index contributed by atoms with van der Waals surface area (Å²) in [4.78, 5) is 32.8. The fourth-order valence-electron chi connectivity index (χ4n) is 3.42. The molecule has 0 unspecified atom stereocenters. The first-order valence-corrected chi connectivity index (χ1v) is 9.76. The topological polar surface area (TPSA) is 53.5 Å². The number of hydrogen-bond acceptors (Lipinski definition) is 4. The Hall–Kier alpha value is -2.21. The summed E-state index contributed by atoms with van der Waals surface area (Å²) in [5.74, 6) is 0.144. The van der Waals surface area contributed by atoms with Crippen molar-refractivity contribution in [2.75, 3.05) is 19.6 Å². The molecule has 1 fully saturated rings. The van der Waals surface area contributed by atoms with Gasteiger partial charge in [0.2, 0.25) is 11.8 Å². The second-order valence-corrected chi connectivity index (χ2v) is 8.31. The maximum Gasteiger partial charge on any atom is 0.229 e. The molecule has 1 aliphatic heterocycles. The molecule has 0 N–H and O–H groups in total. The summed E-state index contributed by atoms with van der Waals surface area (Å²) < 4.78 is 0. The van der Waals surface area contributed by atoms with Gasteiger partial charge in [-0.05, 0) is 19.4 Å². The van der Waals surface area contributed by atoms with Crippen molar-refractivity contribution >= 4 is 23.2 Å². The Bertz CT molecular complexity index is 785. The van der Waals surface area contributed by atoms with Gasteiger partial charge in [0.15, 0.2) is 0 Å². The highest BCUT2D eigenvalue weighted by molar-refractivity contribution is 7.09. The number of amides is 2. The summed E-state index contributed by atoms with van der Waals surface area (Å²) in [6.07, 6.45) is 1.11. The van der Waals surface area contributed by atoms with Crippen LogP contribution in [0.25, 0.3) is 0 Å². The Kier molecular flexibility index (Phi) is 5.41. The van der Waals surface area contributed by atoms with Gasteiger partial charge in [0.05, 0.1) is 22.7 Å². The van der Waals surface area contributed by atoms with E-state index in [9.17, 15) is 9.59 Å². The fourth-order valence-corrected chi connectivity index (χ4v) is 4.25. The van der Waals surface area contributed by atoms with Gasteiger partial charge in [0.1, 0.15) is 0 Å². The lowest BCUT2D eigenvalue weighted by molar-refractivity contribution is -0.146. The van der Waals surface area contributed by atoms with Crippen LogP contribution in [0.3, 0.4) is 0 Å². The van der Waals surface area contributed by atoms with E-state index >= 15 is 0 Å². The molecule has 1 aliphatic rings. The van der Waals surface area contributed by atoms with Crippen molar-refractivity contribution in [3.05, 3.63) is 52.0 Å². The van der Waals surface area contributed by atoms with Gasteiger partial charge < -0.3 is 9.80 Å². The van der Waals surface area contributed by atoms with Crippen LogP contribution >= 0.6 is 11.3 Å². The van der Waals surface area contributed by atoms with Crippen LogP contribution in [0, 0.1) is 0 Å². The highest BCUT2D eigenvalue weighted by Crippen LogP contribution is 2.23. The zero-order chi connectivity index (χ0) is 18.7. The molecule has 138 valence electrons. The molecule has 2 aromatic rings. The molecular weight excluding hydrogens is 346 g/mol. The van der Waals surface area contributed by atoms with Gasteiger partial charge in [0.25, 0.3) is 0 Å². The minimum absolute atomic E-state index is 0.0650. The second kappa shape index (κ2) is 7.58. The lowest BCUT2D eigenvalue weighted by Crippen LogP contribution is -2.62. The number of carbonyl (C=O) groups is 2. The van der Waals surface area contributed by atoms with Crippen LogP contribution in [0.4, 0.5) is 0 Å². The Morgan fingerprint density at radius 1 is 1.19 bits per heavy atom. The number of thiazole rings is 1. The first kappa shape index (κ1) is 18.6. The number of nitrogens with zero attached hydrogens (tertiary/aromatic N) is 3. The lowest BCUT2D eigenvalue weighted by atomic mass is 9.98. The number of benzene rings is 1. The Balaban J connectivity index is 1.62. The molecule has 0 spiro atoms. The van der Waals surface area contributed by atoms with Crippen LogP contribution < -0.4 is 0 Å². The molecule has 6 heteroatoms. The molecule has 0 aliphatic carbocycles. The van der Waals surface area contributed by atoms with E-state index in [1.807, 2.05) is 47.2 Å². The van der Waals surface area contributed by atoms with Crippen molar-refractivity contribution in [2.24, 2.45) is 0 Å². The van der Waals surface area contributed by atoms with E-state index in [0.717, 1.165) is 17.1 Å². The normalized spacial score (nSPS) is 16.6. The van der Waals surface area contributed by atoms with E-state index in [0.29, 0.717) is 26.1 Å². The molecule has 0 radical (unpaired) electrons. The van der Waals surface area contributed by atoms with E-state index in [-0.39, 0.29) is 17.4 Å². The van der Waals surface area contributed by atoms with Gasteiger partial charge in [0, 0.05) is 38.4 Å². The van der Waals surface area contributed by atoms with Crippen molar-refractivity contribution in [2.45, 2.75) is 39.2 Å². The number of piperazine rings is 1. The largest absolute Gasteiger partial charge is 0.339 e. The van der Waals surface area contributed by atoms with Gasteiger partial charge in [-0.2, -0.15) is 0 Å². The molecule has 5 nitrogen and oxygen atoms in total. The molecule has 0 bridgehead atoms. The quantitative estimate of drug-likeness (QED) is 0.830. The molecule has 26 heavy (non-hydrogen) atoms. The highest BCUT2D eigenvalue weighted by atomic mass is 32.1. The van der Waals surface area contributed by atoms with E-state index < -0.39 is 0 Å². The average molecular weight is 372 g/mol. The number of rotatable bonds is 4. The zero-order valence-electron chi connectivity index (χ0n) is 15.6. The molecule has 2 amide bonds. The highest BCUT2D eigenvalue weighted by Gasteiger charge is 2.37. The summed E-state index contributed by atoms with van der Waals surface area (Å²) in [5, 5.41) is 3.01. The molecule has 0 atom stereocenters. The standard InChI is InChI=1S/C20H25N3O2S/c1-15(24)22-9-10-23(20(2,3)14-22)19(25)12-17-13-26-18(21-17)11-16-7-5-4-6-8-16/h4-8,13H,9-12,14H2,1-3H3. The number of aromatic nitrogens is 1. The van der Waals surface area contributed by atoms with E-state index in [1.54, 1.807) is 18.3 Å². The van der Waals surface area contributed by atoms with Crippen LogP contribution in [-0.4, -0.2) is 51.8 Å². The third kappa shape index (κ3) is 4.30. The molecule has 0 saturated carbocycles. The SMILES string of the molecule is CC(=O)N1CCN(C(=O)Cc2csc(Cc3ccccc3)n2)C(C)(C)C1. The first-order chi connectivity index (χ1) is 12.3. The summed E-state index contributed by atoms with van der Waals surface area (Å²) in [6, 6.07) is 10.2. The first-order valence-electron chi connectivity index (χ1n) is 8.88. The van der Waals surface area contributed by atoms with Crippen LogP contribution in [0.5, 0.6) is 0 Å². The summed E-state index contributed by atoms with van der Waals surface area (Å²) in [7, 11) is 0. The van der Waals surface area contributed by atoms with E-state index in [4.69, 9.17) is 0 Å². The maximum absolute atomic E-state index is 12.8. The molecular formula is C20H25N3O2S. The van der Waals surface area contributed by atoms with Crippen molar-refractivity contribution < 1.29 is 9.59 Å². The predicted octanol–water partition coefficient (Wildman–Crippen LogP) is 2.75. The summed E-state index contributed by atoms with van der Waals surface area (Å²) >= 11 is 1.60. The van der Waals surface area contributed by atoms with Crippen molar-refractivity contribution in [3.8, 4) is 0 Å². The van der Waals surface area contributed by atoms with Gasteiger partial charge in [-0.25, -0.2) is 4.98 Å². The minimum atomic E-state index is -0.357. The van der Waals surface area contributed by atoms with E-state index in [2.05, 4.69) is 17.1 Å². The minimum Gasteiger partial charge on any atom is -0.339 e. The van der Waals surface area contributed by atoms with Gasteiger partial charge in [-0.3, -0.25) is 9.59 Å². The van der Waals surface area contributed by atoms with Crippen molar-refractivity contribution in [3.63, 3.8) is 0 Å². The Morgan fingerprint density at radius 3 is 2.58 bits per heavy atom. The molecule has 1 saturated heterocycles. The Labute approximate surface area is 158 Å². The smallest absolute Gasteiger partial charge is 0.229 e. The van der Waals surface area contributed by atoms with Gasteiger partial charge >= 0.3 is 0 Å². The van der Waals surface area contributed by atoms with Crippen LogP contribution in [0.15, 0.2) is 35.7 Å². The summed E-state index contributed by atoms with van der Waals surface area (Å²) in [6.45, 7) is 7.36. The molecule has 1 aromatic carbocycles. The van der Waals surface area contributed by atoms with E-state index in [1.165, 1.54) is 5.56 Å². The zero-order valence-corrected chi connectivity index (χ0v) is 16.4. The maximum atomic E-state index is 12.8. The fraction of sp³-hybridized carbons (Fsp3) is 0.450. The summed E-state index contributed by atoms with van der Waals surface area (Å²) in [5.41, 5.74) is 1.70. The number of carbonyl (C=O) groups excluding carboxylic acids is 2. The van der Waals surface area contributed by atoms with Crippen molar-refractivity contribution in [1.29, 1.82) is 0 Å². The molecule has 1 aromatic heterocycles. The van der Waals surface area contributed by atoms with Gasteiger partial charge in [-0.15, -0.1) is 11.3 Å². The lowest BCUT2D eigenvalue weighted by Gasteiger charge is -2.47. The van der Waals surface area contributed by atoms with Crippen LogP contribution in [0.2, 0.25) is 0 Å². The monoisotopic (exact) mass is 371 g/mol. The average Bonchev–Trinajstić information content (AvgIpc) is 3.01. The van der Waals surface area contributed by atoms with Gasteiger partial charge in [-0.1, -0.05) is 30.3 Å². The van der Waals surface area contributed by atoms with Crippen LogP contribution in [0.1, 0.15) is 37.0 Å². The predicted molar refractivity (Wildman–Crippen MR) is 103 cm³/mol. The van der Waals surface area contributed by atoms with Crippen molar-refractivity contribution in [1.82, 2.24) is 14.8 Å². The molecule has 2 heterocycles. The number of hydrogen-bond donors (Lipinski definition) is 0. The second-order valence-electron chi connectivity index (χ2n) is 7.37. The third-order valence-electron chi connectivity index (χ3n) is 4.78. The Morgan fingerprint density at radius 2 is 1.92 bits per heavy atom. The van der Waals surface area contributed by atoms with Crippen LogP contribution in [-0.2, 0) is 22.4 Å². The molecule has 3 rings (SSSR count).